The summed E-state index contributed by atoms with van der Waals surface area (Å²) >= 11 is 0. The Labute approximate surface area is 151 Å². The maximum Gasteiger partial charge on any atom is 0.340 e. The second-order valence-corrected chi connectivity index (χ2v) is 5.54. The zero-order valence-electron chi connectivity index (χ0n) is 14.8. The molecule has 1 unspecified atom stereocenters. The molecule has 1 amide bonds. The van der Waals surface area contributed by atoms with Crippen molar-refractivity contribution in [3.05, 3.63) is 53.7 Å². The van der Waals surface area contributed by atoms with E-state index in [1.54, 1.807) is 19.1 Å². The maximum absolute atomic E-state index is 12.3. The lowest BCUT2D eigenvalue weighted by Gasteiger charge is -2.14. The average molecular weight is 356 g/mol. The van der Waals surface area contributed by atoms with Gasteiger partial charge < -0.3 is 14.8 Å². The fourth-order valence-corrected chi connectivity index (χ4v) is 2.20. The summed E-state index contributed by atoms with van der Waals surface area (Å²) in [4.78, 5) is 39.6. The minimum Gasteiger partial charge on any atom is -0.468 e. The number of esters is 2. The van der Waals surface area contributed by atoms with E-state index in [4.69, 9.17) is 4.74 Å². The van der Waals surface area contributed by atoms with Crippen molar-refractivity contribution < 1.29 is 23.9 Å². The van der Waals surface area contributed by atoms with Crippen LogP contribution in [0.2, 0.25) is 0 Å². The van der Waals surface area contributed by atoms with Crippen molar-refractivity contribution in [2.75, 3.05) is 13.7 Å². The van der Waals surface area contributed by atoms with Gasteiger partial charge in [-0.3, -0.25) is 14.6 Å². The predicted octanol–water partition coefficient (Wildman–Crippen LogP) is 1.89. The van der Waals surface area contributed by atoms with Crippen LogP contribution in [0.15, 0.2) is 42.5 Å². The number of aryl methyl sites for hydroxylation is 1. The molecule has 0 aliphatic heterocycles. The summed E-state index contributed by atoms with van der Waals surface area (Å²) in [7, 11) is 1.22. The van der Waals surface area contributed by atoms with Crippen molar-refractivity contribution in [3.8, 4) is 11.3 Å². The average Bonchev–Trinajstić information content (AvgIpc) is 2.66. The van der Waals surface area contributed by atoms with E-state index in [0.29, 0.717) is 5.69 Å². The van der Waals surface area contributed by atoms with Crippen LogP contribution in [0, 0.1) is 6.92 Å². The van der Waals surface area contributed by atoms with Gasteiger partial charge in [-0.15, -0.1) is 0 Å². The maximum atomic E-state index is 12.3. The first-order valence-corrected chi connectivity index (χ1v) is 8.01. The molecule has 7 heteroatoms. The van der Waals surface area contributed by atoms with Crippen LogP contribution in [0.5, 0.6) is 0 Å². The number of amides is 1. The largest absolute Gasteiger partial charge is 0.468 e. The molecular weight excluding hydrogens is 336 g/mol. The number of pyridine rings is 1. The summed E-state index contributed by atoms with van der Waals surface area (Å²) in [5, 5.41) is 2.33. The van der Waals surface area contributed by atoms with E-state index in [1.165, 1.54) is 14.0 Å². The van der Waals surface area contributed by atoms with Crippen LogP contribution in [-0.4, -0.2) is 42.6 Å². The van der Waals surface area contributed by atoms with Crippen LogP contribution in [0.1, 0.15) is 23.0 Å². The number of carbonyl (C=O) groups is 3. The molecule has 1 N–H and O–H groups in total. The molecule has 1 aromatic carbocycles. The first-order chi connectivity index (χ1) is 12.4. The van der Waals surface area contributed by atoms with Crippen molar-refractivity contribution in [2.24, 2.45) is 0 Å². The molecule has 0 aliphatic carbocycles. The molecule has 26 heavy (non-hydrogen) atoms. The third-order valence-corrected chi connectivity index (χ3v) is 3.66. The quantitative estimate of drug-likeness (QED) is 0.794. The number of nitrogens with one attached hydrogen (secondary N) is 1. The van der Waals surface area contributed by atoms with Gasteiger partial charge in [0.1, 0.15) is 6.54 Å². The normalized spacial score (nSPS) is 11.3. The molecule has 0 saturated carbocycles. The van der Waals surface area contributed by atoms with Gasteiger partial charge in [-0.1, -0.05) is 30.3 Å². The molecule has 0 spiro atoms. The van der Waals surface area contributed by atoms with Crippen LogP contribution < -0.4 is 5.32 Å². The Morgan fingerprint density at radius 1 is 1.12 bits per heavy atom. The summed E-state index contributed by atoms with van der Waals surface area (Å²) in [6.45, 7) is 2.83. The first kappa shape index (κ1) is 19.1. The van der Waals surface area contributed by atoms with E-state index >= 15 is 0 Å². The molecule has 1 heterocycles. The molecule has 0 saturated heterocycles. The van der Waals surface area contributed by atoms with E-state index in [9.17, 15) is 14.4 Å². The van der Waals surface area contributed by atoms with Gasteiger partial charge in [0.25, 0.3) is 5.91 Å². The lowest BCUT2D eigenvalue weighted by atomic mass is 10.1. The highest BCUT2D eigenvalue weighted by molar-refractivity contribution is 5.93. The number of aromatic nitrogens is 1. The third kappa shape index (κ3) is 4.89. The number of carbonyl (C=O) groups excluding carboxylic acids is 3. The molecule has 0 fully saturated rings. The summed E-state index contributed by atoms with van der Waals surface area (Å²) in [6, 6.07) is 12.9. The first-order valence-electron chi connectivity index (χ1n) is 8.01. The Balaban J connectivity index is 2.03. The van der Waals surface area contributed by atoms with Gasteiger partial charge >= 0.3 is 11.9 Å². The van der Waals surface area contributed by atoms with Crippen LogP contribution in [0.3, 0.4) is 0 Å². The van der Waals surface area contributed by atoms with E-state index in [1.807, 2.05) is 30.3 Å². The fraction of sp³-hybridized carbons (Fsp3) is 0.263. The lowest BCUT2D eigenvalue weighted by molar-refractivity contribution is -0.142. The lowest BCUT2D eigenvalue weighted by Crippen LogP contribution is -2.39. The summed E-state index contributed by atoms with van der Waals surface area (Å²) in [6.07, 6.45) is -1.06. The van der Waals surface area contributed by atoms with Crippen LogP contribution >= 0.6 is 0 Å². The zero-order valence-corrected chi connectivity index (χ0v) is 14.8. The molecule has 0 radical (unpaired) electrons. The van der Waals surface area contributed by atoms with Crippen molar-refractivity contribution in [1.82, 2.24) is 10.3 Å². The molecular formula is C19H20N2O5. The molecule has 0 aliphatic rings. The predicted molar refractivity (Wildman–Crippen MR) is 94.3 cm³/mol. The SMILES string of the molecule is COC(=O)CNC(=O)C(C)OC(=O)c1ccc(-c2ccccc2)nc1C. The standard InChI is InChI=1S/C19H20N2O5/c1-12-15(9-10-16(21-12)14-7-5-4-6-8-14)19(24)26-13(2)18(23)20-11-17(22)25-3/h4-10,13H,11H2,1-3H3,(H,20,23). The molecule has 136 valence electrons. The number of ether oxygens (including phenoxy) is 2. The van der Waals surface area contributed by atoms with Crippen LogP contribution in [-0.2, 0) is 19.1 Å². The molecule has 1 aromatic heterocycles. The molecule has 2 aromatic rings. The van der Waals surface area contributed by atoms with E-state index in [2.05, 4.69) is 15.0 Å². The minimum atomic E-state index is -1.06. The molecule has 0 bridgehead atoms. The summed E-state index contributed by atoms with van der Waals surface area (Å²) in [5.41, 5.74) is 2.45. The summed E-state index contributed by atoms with van der Waals surface area (Å²) in [5.74, 6) is -1.83. The fourth-order valence-electron chi connectivity index (χ4n) is 2.20. The van der Waals surface area contributed by atoms with Crippen molar-refractivity contribution in [1.29, 1.82) is 0 Å². The Kier molecular flexibility index (Phi) is 6.43. The van der Waals surface area contributed by atoms with Gasteiger partial charge in [0, 0.05) is 5.56 Å². The van der Waals surface area contributed by atoms with E-state index < -0.39 is 23.9 Å². The Hall–Kier alpha value is -3.22. The Bertz CT molecular complexity index is 805. The minimum absolute atomic E-state index is 0.275. The van der Waals surface area contributed by atoms with Gasteiger partial charge in [-0.25, -0.2) is 4.79 Å². The van der Waals surface area contributed by atoms with E-state index in [0.717, 1.165) is 11.3 Å². The van der Waals surface area contributed by atoms with E-state index in [-0.39, 0.29) is 12.1 Å². The Morgan fingerprint density at radius 2 is 1.81 bits per heavy atom. The molecule has 7 nitrogen and oxygen atoms in total. The van der Waals surface area contributed by atoms with Gasteiger partial charge in [0.05, 0.1) is 24.1 Å². The number of hydrogen-bond donors (Lipinski definition) is 1. The number of rotatable bonds is 6. The second-order valence-electron chi connectivity index (χ2n) is 5.54. The van der Waals surface area contributed by atoms with Gasteiger partial charge in [-0.2, -0.15) is 0 Å². The zero-order chi connectivity index (χ0) is 19.1. The topological polar surface area (TPSA) is 94.6 Å². The Morgan fingerprint density at radius 3 is 2.42 bits per heavy atom. The highest BCUT2D eigenvalue weighted by atomic mass is 16.5. The third-order valence-electron chi connectivity index (χ3n) is 3.66. The molecule has 2 rings (SSSR count). The second kappa shape index (κ2) is 8.75. The van der Waals surface area contributed by atoms with Crippen molar-refractivity contribution in [3.63, 3.8) is 0 Å². The number of methoxy groups -OCH3 is 1. The highest BCUT2D eigenvalue weighted by Gasteiger charge is 2.21. The van der Waals surface area contributed by atoms with Crippen molar-refractivity contribution >= 4 is 17.8 Å². The monoisotopic (exact) mass is 356 g/mol. The number of hydrogen-bond acceptors (Lipinski definition) is 6. The van der Waals surface area contributed by atoms with Crippen LogP contribution in [0.4, 0.5) is 0 Å². The highest BCUT2D eigenvalue weighted by Crippen LogP contribution is 2.19. The van der Waals surface area contributed by atoms with Gasteiger partial charge in [-0.05, 0) is 26.0 Å². The van der Waals surface area contributed by atoms with Crippen molar-refractivity contribution in [2.45, 2.75) is 20.0 Å². The van der Waals surface area contributed by atoms with Gasteiger partial charge in [0.15, 0.2) is 6.10 Å². The molecule has 1 atom stereocenters. The van der Waals surface area contributed by atoms with Crippen LogP contribution in [0.25, 0.3) is 11.3 Å². The smallest absolute Gasteiger partial charge is 0.340 e. The number of benzene rings is 1. The van der Waals surface area contributed by atoms with Gasteiger partial charge in [0.2, 0.25) is 0 Å². The summed E-state index contributed by atoms with van der Waals surface area (Å²) < 4.78 is 9.57. The number of nitrogens with zero attached hydrogens (tertiary/aromatic N) is 1.